The number of halogens is 4. The number of fused-ring (bicyclic) bond motifs is 1. The predicted octanol–water partition coefficient (Wildman–Crippen LogP) is 2.03. The van der Waals surface area contributed by atoms with Crippen LogP contribution in [0.3, 0.4) is 0 Å². The number of allylic oxidation sites excluding steroid dienone is 1. The Morgan fingerprint density at radius 2 is 2.06 bits per heavy atom. The van der Waals surface area contributed by atoms with Gasteiger partial charge in [0, 0.05) is 6.07 Å². The molecule has 0 aliphatic carbocycles. The van der Waals surface area contributed by atoms with Crippen molar-refractivity contribution >= 4 is 17.0 Å². The summed E-state index contributed by atoms with van der Waals surface area (Å²) in [7, 11) is 0. The molecule has 2 aromatic heterocycles. The molecule has 2 heterocycles. The summed E-state index contributed by atoms with van der Waals surface area (Å²) in [5.41, 5.74) is 3.34. The first kappa shape index (κ1) is 11.4. The first-order valence-electron chi connectivity index (χ1n) is 4.37. The maximum Gasteiger partial charge on any atom is 0.417 e. The lowest BCUT2D eigenvalue weighted by Crippen LogP contribution is -2.12. The maximum absolute atomic E-state index is 13.3. The highest BCUT2D eigenvalue weighted by molar-refractivity contribution is 5.69. The van der Waals surface area contributed by atoms with Crippen LogP contribution >= 0.6 is 0 Å². The van der Waals surface area contributed by atoms with Gasteiger partial charge in [-0.05, 0) is 0 Å². The Bertz CT molecular complexity index is 599. The third-order valence-electron chi connectivity index (χ3n) is 2.14. The Morgan fingerprint density at radius 3 is 2.65 bits per heavy atom. The van der Waals surface area contributed by atoms with Crippen LogP contribution in [0.1, 0.15) is 5.69 Å². The van der Waals surface area contributed by atoms with E-state index in [4.69, 9.17) is 5.73 Å². The number of aromatic nitrogens is 3. The van der Waals surface area contributed by atoms with E-state index >= 15 is 0 Å². The van der Waals surface area contributed by atoms with Gasteiger partial charge in [-0.25, -0.2) is 13.9 Å². The highest BCUT2D eigenvalue weighted by Crippen LogP contribution is 2.33. The first-order valence-corrected chi connectivity index (χ1v) is 4.37. The summed E-state index contributed by atoms with van der Waals surface area (Å²) in [6.07, 6.45) is -3.66. The first-order chi connectivity index (χ1) is 7.80. The van der Waals surface area contributed by atoms with Crippen molar-refractivity contribution in [2.45, 2.75) is 6.18 Å². The third-order valence-corrected chi connectivity index (χ3v) is 2.14. The molecule has 0 fully saturated rings. The fraction of sp³-hybridized carbons (Fsp3) is 0.111. The van der Waals surface area contributed by atoms with Gasteiger partial charge in [-0.2, -0.15) is 13.2 Å². The largest absolute Gasteiger partial charge is 0.417 e. The molecule has 17 heavy (non-hydrogen) atoms. The van der Waals surface area contributed by atoms with Gasteiger partial charge in [0.1, 0.15) is 5.52 Å². The number of rotatable bonds is 1. The Hall–Kier alpha value is -2.12. The zero-order valence-electron chi connectivity index (χ0n) is 8.29. The third kappa shape index (κ3) is 1.81. The molecule has 0 aromatic carbocycles. The van der Waals surface area contributed by atoms with E-state index in [0.717, 1.165) is 10.7 Å². The molecule has 0 saturated carbocycles. The summed E-state index contributed by atoms with van der Waals surface area (Å²) < 4.78 is 51.5. The summed E-state index contributed by atoms with van der Waals surface area (Å²) >= 11 is 0. The van der Waals surface area contributed by atoms with Crippen molar-refractivity contribution in [3.05, 3.63) is 30.4 Å². The smallest absolute Gasteiger partial charge is 0.367 e. The van der Waals surface area contributed by atoms with Crippen LogP contribution in [0.15, 0.2) is 18.8 Å². The average molecular weight is 246 g/mol. The summed E-state index contributed by atoms with van der Waals surface area (Å²) in [5.74, 6) is -1.13. The molecule has 0 amide bonds. The molecule has 0 aliphatic heterocycles. The van der Waals surface area contributed by atoms with Crippen LogP contribution in [0.4, 0.5) is 23.5 Å². The van der Waals surface area contributed by atoms with Crippen LogP contribution in [0.2, 0.25) is 0 Å². The van der Waals surface area contributed by atoms with Crippen molar-refractivity contribution in [2.24, 2.45) is 0 Å². The van der Waals surface area contributed by atoms with Crippen LogP contribution in [-0.2, 0) is 0 Å². The van der Waals surface area contributed by atoms with E-state index in [-0.39, 0.29) is 11.5 Å². The molecule has 0 saturated heterocycles. The fourth-order valence-corrected chi connectivity index (χ4v) is 1.33. The Labute approximate surface area is 92.4 Å². The van der Waals surface area contributed by atoms with E-state index in [1.54, 1.807) is 0 Å². The van der Waals surface area contributed by atoms with E-state index in [2.05, 4.69) is 16.7 Å². The SMILES string of the molecule is C=C(c1cc(F)c2cnc(N)nn12)C(F)(F)F. The van der Waals surface area contributed by atoms with Gasteiger partial charge in [0.15, 0.2) is 5.82 Å². The van der Waals surface area contributed by atoms with Gasteiger partial charge in [-0.1, -0.05) is 6.58 Å². The van der Waals surface area contributed by atoms with Gasteiger partial charge in [0.25, 0.3) is 0 Å². The highest BCUT2D eigenvalue weighted by atomic mass is 19.4. The summed E-state index contributed by atoms with van der Waals surface area (Å²) in [5, 5.41) is 3.51. The van der Waals surface area contributed by atoms with Crippen molar-refractivity contribution in [3.8, 4) is 0 Å². The number of nitrogens with two attached hydrogens (primary N) is 1. The van der Waals surface area contributed by atoms with Crippen LogP contribution in [0.25, 0.3) is 11.1 Å². The number of anilines is 1. The van der Waals surface area contributed by atoms with Crippen molar-refractivity contribution in [1.82, 2.24) is 14.6 Å². The second kappa shape index (κ2) is 3.44. The molecular weight excluding hydrogens is 240 g/mol. The lowest BCUT2D eigenvalue weighted by atomic mass is 10.2. The molecule has 90 valence electrons. The van der Waals surface area contributed by atoms with Gasteiger partial charge in [0.05, 0.1) is 17.5 Å². The molecule has 8 heteroatoms. The molecule has 2 rings (SSSR count). The Morgan fingerprint density at radius 1 is 1.41 bits per heavy atom. The average Bonchev–Trinajstić information content (AvgIpc) is 2.53. The minimum Gasteiger partial charge on any atom is -0.367 e. The van der Waals surface area contributed by atoms with E-state index in [0.29, 0.717) is 6.07 Å². The number of hydrogen-bond acceptors (Lipinski definition) is 3. The Balaban J connectivity index is 2.70. The molecule has 2 N–H and O–H groups in total. The molecule has 2 aromatic rings. The van der Waals surface area contributed by atoms with Crippen molar-refractivity contribution in [3.63, 3.8) is 0 Å². The lowest BCUT2D eigenvalue weighted by Gasteiger charge is -2.09. The second-order valence-electron chi connectivity index (χ2n) is 3.27. The van der Waals surface area contributed by atoms with Crippen LogP contribution < -0.4 is 5.73 Å². The number of alkyl halides is 3. The van der Waals surface area contributed by atoms with Crippen molar-refractivity contribution < 1.29 is 17.6 Å². The summed E-state index contributed by atoms with van der Waals surface area (Å²) in [4.78, 5) is 3.50. The molecule has 0 spiro atoms. The fourth-order valence-electron chi connectivity index (χ4n) is 1.33. The van der Waals surface area contributed by atoms with Gasteiger partial charge in [-0.3, -0.25) is 0 Å². The predicted molar refractivity (Wildman–Crippen MR) is 52.4 cm³/mol. The quantitative estimate of drug-likeness (QED) is 0.783. The van der Waals surface area contributed by atoms with Gasteiger partial charge in [-0.15, -0.1) is 5.10 Å². The van der Waals surface area contributed by atoms with Crippen molar-refractivity contribution in [1.29, 1.82) is 0 Å². The topological polar surface area (TPSA) is 56.2 Å². The zero-order chi connectivity index (χ0) is 12.8. The molecule has 0 atom stereocenters. The summed E-state index contributed by atoms with van der Waals surface area (Å²) in [6.45, 7) is 2.88. The monoisotopic (exact) mass is 246 g/mol. The molecule has 4 nitrogen and oxygen atoms in total. The number of nitrogen functional groups attached to an aromatic ring is 1. The number of hydrogen-bond donors (Lipinski definition) is 1. The molecular formula is C9H6F4N4. The molecule has 0 bridgehead atoms. The van der Waals surface area contributed by atoms with Gasteiger partial charge < -0.3 is 5.73 Å². The normalized spacial score (nSPS) is 12.0. The van der Waals surface area contributed by atoms with Crippen LogP contribution in [0, 0.1) is 5.82 Å². The zero-order valence-corrected chi connectivity index (χ0v) is 8.29. The number of nitrogens with zero attached hydrogens (tertiary/aromatic N) is 3. The van der Waals surface area contributed by atoms with E-state index < -0.39 is 23.3 Å². The minimum absolute atomic E-state index is 0.195. The van der Waals surface area contributed by atoms with Gasteiger partial charge in [0.2, 0.25) is 5.95 Å². The van der Waals surface area contributed by atoms with E-state index in [9.17, 15) is 17.6 Å². The van der Waals surface area contributed by atoms with E-state index in [1.807, 2.05) is 0 Å². The van der Waals surface area contributed by atoms with Crippen LogP contribution in [0.5, 0.6) is 0 Å². The maximum atomic E-state index is 13.3. The Kier molecular flexibility index (Phi) is 2.30. The van der Waals surface area contributed by atoms with E-state index in [1.165, 1.54) is 0 Å². The summed E-state index contributed by atoms with van der Waals surface area (Å²) in [6, 6.07) is 0.694. The highest BCUT2D eigenvalue weighted by Gasteiger charge is 2.35. The minimum atomic E-state index is -4.67. The standard InChI is InChI=1S/C9H6F4N4/c1-4(9(11,12)13)6-2-5(10)7-3-15-8(14)16-17(6)7/h2-3H,1H2,(H2,14,16). The van der Waals surface area contributed by atoms with Crippen LogP contribution in [-0.4, -0.2) is 20.8 Å². The van der Waals surface area contributed by atoms with Gasteiger partial charge >= 0.3 is 6.18 Å². The molecule has 0 unspecified atom stereocenters. The second-order valence-corrected chi connectivity index (χ2v) is 3.27. The molecule has 0 aliphatic rings. The lowest BCUT2D eigenvalue weighted by molar-refractivity contribution is -0.0689. The van der Waals surface area contributed by atoms with Crippen molar-refractivity contribution in [2.75, 3.05) is 5.73 Å². The molecule has 0 radical (unpaired) electrons.